The fourth-order valence-corrected chi connectivity index (χ4v) is 9.07. The monoisotopic (exact) mass is 836 g/mol. The van der Waals surface area contributed by atoms with Gasteiger partial charge in [-0.2, -0.15) is 11.4 Å². The van der Waals surface area contributed by atoms with Crippen LogP contribution >= 0.6 is 0 Å². The summed E-state index contributed by atoms with van der Waals surface area (Å²) in [6.07, 6.45) is 18.2. The molecule has 0 N–H and O–H groups in total. The molecule has 0 saturated carbocycles. The number of ether oxygens (including phenoxy) is 2. The smallest absolute Gasteiger partial charge is 0.664 e. The average molecular weight is 837 g/mol. The van der Waals surface area contributed by atoms with Crippen molar-refractivity contribution in [3.63, 3.8) is 0 Å². The zero-order chi connectivity index (χ0) is 43.4. The molecular formula is C50H60MgN4O6-2. The minimum atomic E-state index is -1.26. The summed E-state index contributed by atoms with van der Waals surface area (Å²) in [4.78, 5) is 68.6. The van der Waals surface area contributed by atoms with Gasteiger partial charge in [-0.1, -0.05) is 119 Å². The van der Waals surface area contributed by atoms with Crippen LogP contribution in [-0.2, 0) is 25.5 Å². The molecule has 0 aromatic carbocycles. The molecule has 11 heteroatoms. The predicted molar refractivity (Wildman–Crippen MR) is 242 cm³/mol. The number of aromatic nitrogens is 3. The molecule has 61 heavy (non-hydrogen) atoms. The molecule has 0 spiro atoms. The molecule has 4 atom stereocenters. The van der Waals surface area contributed by atoms with Gasteiger partial charge in [-0.05, 0) is 81.8 Å². The Morgan fingerprint density at radius 3 is 2.30 bits per heavy atom. The summed E-state index contributed by atoms with van der Waals surface area (Å²) in [5.74, 6) is -1.83. The van der Waals surface area contributed by atoms with Crippen molar-refractivity contribution in [2.24, 2.45) is 29.6 Å². The Kier molecular flexibility index (Phi) is 15.9. The van der Waals surface area contributed by atoms with Crippen LogP contribution in [0.5, 0.6) is 0 Å². The Morgan fingerprint density at radius 1 is 0.918 bits per heavy atom. The van der Waals surface area contributed by atoms with E-state index in [2.05, 4.69) is 34.3 Å². The van der Waals surface area contributed by atoms with E-state index in [1.807, 2.05) is 39.0 Å². The summed E-state index contributed by atoms with van der Waals surface area (Å²) < 4.78 is 11.0. The number of allylic oxidation sites excluding steroid dienone is 3. The third kappa shape index (κ3) is 9.88. The predicted octanol–water partition coefficient (Wildman–Crippen LogP) is 8.06. The van der Waals surface area contributed by atoms with E-state index in [1.165, 1.54) is 38.4 Å². The van der Waals surface area contributed by atoms with Crippen LogP contribution in [0.25, 0.3) is 35.2 Å². The molecule has 0 amide bonds. The molecule has 8 bridgehead atoms. The molecule has 1 aliphatic carbocycles. The maximum atomic E-state index is 14.3. The van der Waals surface area contributed by atoms with E-state index in [1.54, 1.807) is 19.1 Å². The van der Waals surface area contributed by atoms with Crippen molar-refractivity contribution in [1.29, 1.82) is 0 Å². The van der Waals surface area contributed by atoms with Gasteiger partial charge in [-0.3, -0.25) is 19.2 Å². The van der Waals surface area contributed by atoms with E-state index in [-0.39, 0.29) is 53.9 Å². The van der Waals surface area contributed by atoms with Crippen LogP contribution in [0.4, 0.5) is 0 Å². The van der Waals surface area contributed by atoms with Crippen LogP contribution in [0, 0.1) is 43.4 Å². The molecule has 3 aromatic heterocycles. The van der Waals surface area contributed by atoms with Gasteiger partial charge in [0.05, 0.1) is 7.11 Å². The maximum Gasteiger partial charge on any atom is 2.00 e. The molecule has 3 aromatic rings. The third-order valence-corrected chi connectivity index (χ3v) is 12.7. The van der Waals surface area contributed by atoms with E-state index in [0.29, 0.717) is 85.9 Å². The van der Waals surface area contributed by atoms with Crippen molar-refractivity contribution in [2.45, 2.75) is 113 Å². The van der Waals surface area contributed by atoms with Gasteiger partial charge < -0.3 is 29.7 Å². The number of aldehydes is 1. The van der Waals surface area contributed by atoms with Crippen molar-refractivity contribution in [1.82, 2.24) is 15.0 Å². The second-order valence-corrected chi connectivity index (χ2v) is 17.3. The molecule has 10 nitrogen and oxygen atoms in total. The van der Waals surface area contributed by atoms with Gasteiger partial charge in [-0.25, -0.2) is 0 Å². The van der Waals surface area contributed by atoms with Crippen LogP contribution in [0.1, 0.15) is 159 Å². The van der Waals surface area contributed by atoms with Crippen molar-refractivity contribution in [2.75, 3.05) is 13.7 Å². The van der Waals surface area contributed by atoms with Gasteiger partial charge in [0.15, 0.2) is 5.78 Å². The Bertz CT molecular complexity index is 2400. The summed E-state index contributed by atoms with van der Waals surface area (Å²) in [5.41, 5.74) is 8.84. The molecule has 1 saturated heterocycles. The first-order chi connectivity index (χ1) is 28.7. The maximum absolute atomic E-state index is 14.3. The minimum absolute atomic E-state index is 0. The Balaban J connectivity index is 0.00000704. The van der Waals surface area contributed by atoms with Crippen molar-refractivity contribution in [3.05, 3.63) is 102 Å². The molecule has 320 valence electrons. The number of Topliss-reactive ketones (excluding diaryl/α,β-unsaturated/α-hetero) is 1. The van der Waals surface area contributed by atoms with E-state index >= 15 is 0 Å². The van der Waals surface area contributed by atoms with Crippen molar-refractivity contribution < 1.29 is 28.7 Å². The topological polar surface area (TPSA) is 143 Å². The summed E-state index contributed by atoms with van der Waals surface area (Å²) in [7, 11) is 1.27. The molecule has 3 aliphatic rings. The number of ketones is 1. The average Bonchev–Trinajstić information content (AvgIpc) is 3.96. The van der Waals surface area contributed by atoms with Gasteiger partial charge >= 0.3 is 35.0 Å². The van der Waals surface area contributed by atoms with Crippen LogP contribution in [0.2, 0.25) is 0 Å². The SMILES string of the molecule is C=Cc1c2[n-]c(c1C)/C=C1\[N-]/C(=C3\c4[n-]c(c(C)c4C(=O)[C@@H]3C(=O)OC)/C=c3\[n-]/c(c(C=O)c3CC)=C\2)[C@@H](CCC(=O)OC/C=C(\C)CCC[C@H](C)CCCC(C)C)[C@@H]1C.[Mg+2]. The number of carbonyl (C=O) groups is 4. The number of methoxy groups -OCH3 is 1. The second kappa shape index (κ2) is 20.5. The van der Waals surface area contributed by atoms with Crippen LogP contribution in [0.15, 0.2) is 29.6 Å². The summed E-state index contributed by atoms with van der Waals surface area (Å²) in [5, 5.41) is 6.24. The fourth-order valence-electron chi connectivity index (χ4n) is 9.07. The first-order valence-electron chi connectivity index (χ1n) is 21.6. The normalized spacial score (nSPS) is 21.7. The molecule has 5 heterocycles. The number of hydrogen-bond acceptors (Lipinski definition) is 6. The van der Waals surface area contributed by atoms with Gasteiger partial charge in [0.2, 0.25) is 0 Å². The zero-order valence-electron chi connectivity index (χ0n) is 37.6. The number of fused-ring (bicyclic) bond motifs is 7. The van der Waals surface area contributed by atoms with Gasteiger partial charge in [0.1, 0.15) is 18.8 Å². The van der Waals surface area contributed by atoms with Gasteiger partial charge in [0, 0.05) is 17.5 Å². The van der Waals surface area contributed by atoms with Gasteiger partial charge in [-0.15, -0.1) is 33.5 Å². The van der Waals surface area contributed by atoms with Crippen LogP contribution in [-0.4, -0.2) is 60.8 Å². The van der Waals surface area contributed by atoms with E-state index in [4.69, 9.17) is 29.7 Å². The first-order valence-corrected chi connectivity index (χ1v) is 21.6. The van der Waals surface area contributed by atoms with Gasteiger partial charge in [0.25, 0.3) is 0 Å². The molecule has 0 radical (unpaired) electrons. The first kappa shape index (κ1) is 47.4. The summed E-state index contributed by atoms with van der Waals surface area (Å²) in [6, 6.07) is 0. The second-order valence-electron chi connectivity index (χ2n) is 17.3. The number of hydrogen-bond donors (Lipinski definition) is 0. The molecule has 2 aliphatic heterocycles. The molecule has 1 fully saturated rings. The molecule has 6 rings (SSSR count). The molecular weight excluding hydrogens is 777 g/mol. The summed E-state index contributed by atoms with van der Waals surface area (Å²) in [6.45, 7) is 21.0. The van der Waals surface area contributed by atoms with Crippen LogP contribution in [0.3, 0.4) is 0 Å². The Morgan fingerprint density at radius 2 is 1.62 bits per heavy atom. The minimum Gasteiger partial charge on any atom is -0.664 e. The largest absolute Gasteiger partial charge is 2.00 e. The standard InChI is InChI=1S/C50H61N4O6.Mg/c1-11-33-30(7)37-23-38-31(8)35(19-20-43(56)60-22-21-29(6)18-14-17-28(5)16-13-15-27(3)4)47(53-38)45-46(50(58)59-10)49(57)44-32(9)39(54-48(44)45)24-41-34(12-2)36(26-55)42(52-41)25-40(33)51-37;/h11,21,23-28,31,35,46H,1,12-20,22H2,2-10H3,(H-,53,54,55,57);/q-3;+2/p-1/b29-21+,38-23-,42-25-;/t28-,31+,35+,46-;/m1./s1. The molecule has 0 unspecified atom stereocenters. The number of carbonyl (C=O) groups excluding carboxylic acids is 4. The third-order valence-electron chi connectivity index (χ3n) is 12.7. The van der Waals surface area contributed by atoms with E-state index in [9.17, 15) is 19.2 Å². The number of esters is 2. The van der Waals surface area contributed by atoms with Crippen molar-refractivity contribution in [3.8, 4) is 0 Å². The van der Waals surface area contributed by atoms with Crippen molar-refractivity contribution >= 4 is 76.9 Å². The number of nitrogens with zero attached hydrogens (tertiary/aromatic N) is 4. The summed E-state index contributed by atoms with van der Waals surface area (Å²) >= 11 is 0. The Labute approximate surface area is 377 Å². The fraction of sp³-hybridized carbons (Fsp3) is 0.480. The van der Waals surface area contributed by atoms with E-state index in [0.717, 1.165) is 41.7 Å². The van der Waals surface area contributed by atoms with E-state index < -0.39 is 17.7 Å². The Hall–Kier alpha value is -4.61. The zero-order valence-corrected chi connectivity index (χ0v) is 39.0. The quantitative estimate of drug-likeness (QED) is 0.0434. The number of rotatable bonds is 17. The van der Waals surface area contributed by atoms with Crippen LogP contribution < -0.4 is 25.7 Å².